The third-order valence-electron chi connectivity index (χ3n) is 5.09. The van der Waals surface area contributed by atoms with Crippen molar-refractivity contribution in [1.82, 2.24) is 9.21 Å². The lowest BCUT2D eigenvalue weighted by Crippen LogP contribution is -2.38. The monoisotopic (exact) mass is 446 g/mol. The van der Waals surface area contributed by atoms with E-state index in [0.717, 1.165) is 5.75 Å². The molecule has 0 saturated carbocycles. The molecule has 1 fully saturated rings. The Kier molecular flexibility index (Phi) is 7.56. The van der Waals surface area contributed by atoms with Gasteiger partial charge in [0.1, 0.15) is 17.2 Å². The third-order valence-corrected chi connectivity index (χ3v) is 7.01. The highest BCUT2D eigenvalue weighted by Crippen LogP contribution is 2.26. The van der Waals surface area contributed by atoms with Gasteiger partial charge in [0.2, 0.25) is 15.9 Å². The molecule has 0 unspecified atom stereocenters. The molecule has 31 heavy (non-hydrogen) atoms. The van der Waals surface area contributed by atoms with E-state index < -0.39 is 10.0 Å². The van der Waals surface area contributed by atoms with Crippen molar-refractivity contribution in [1.29, 1.82) is 0 Å². The van der Waals surface area contributed by atoms with Crippen LogP contribution in [0.15, 0.2) is 53.4 Å². The first kappa shape index (κ1) is 23.1. The number of carbonyl (C=O) groups excluding carboxylic acids is 1. The Morgan fingerprint density at radius 1 is 0.903 bits per heavy atom. The van der Waals surface area contributed by atoms with Gasteiger partial charge in [-0.15, -0.1) is 0 Å². The Morgan fingerprint density at radius 2 is 1.48 bits per heavy atom. The van der Waals surface area contributed by atoms with E-state index in [1.165, 1.54) is 4.31 Å². The maximum Gasteiger partial charge on any atom is 0.243 e. The number of carbonyl (C=O) groups is 1. The normalized spacial score (nSPS) is 15.5. The van der Waals surface area contributed by atoms with Crippen LogP contribution in [0.3, 0.4) is 0 Å². The fourth-order valence-electron chi connectivity index (χ4n) is 3.46. The number of ether oxygens (including phenoxy) is 2. The van der Waals surface area contributed by atoms with E-state index >= 15 is 0 Å². The van der Waals surface area contributed by atoms with Crippen molar-refractivity contribution in [3.05, 3.63) is 48.5 Å². The Morgan fingerprint density at radius 3 is 2.06 bits per heavy atom. The third kappa shape index (κ3) is 5.77. The molecular formula is C23H30N2O5S. The predicted molar refractivity (Wildman–Crippen MR) is 119 cm³/mol. The van der Waals surface area contributed by atoms with E-state index in [0.29, 0.717) is 50.7 Å². The molecule has 0 atom stereocenters. The molecule has 0 aliphatic carbocycles. The van der Waals surface area contributed by atoms with Gasteiger partial charge in [0.25, 0.3) is 0 Å². The Hall–Kier alpha value is -2.58. The zero-order valence-electron chi connectivity index (χ0n) is 18.3. The minimum Gasteiger partial charge on any atom is -0.494 e. The smallest absolute Gasteiger partial charge is 0.243 e. The summed E-state index contributed by atoms with van der Waals surface area (Å²) in [7, 11) is -3.63. The molecule has 1 saturated heterocycles. The molecule has 1 aliphatic rings. The fraction of sp³-hybridized carbons (Fsp3) is 0.435. The second kappa shape index (κ2) is 10.2. The topological polar surface area (TPSA) is 76.2 Å². The number of hydrogen-bond acceptors (Lipinski definition) is 5. The first-order valence-corrected chi connectivity index (χ1v) is 12.0. The first-order chi connectivity index (χ1) is 14.8. The summed E-state index contributed by atoms with van der Waals surface area (Å²) in [5, 5.41) is 0. The average molecular weight is 447 g/mol. The number of rotatable bonds is 7. The van der Waals surface area contributed by atoms with Crippen LogP contribution in [0.5, 0.6) is 17.2 Å². The maximum atomic E-state index is 13.1. The lowest BCUT2D eigenvalue weighted by atomic mass is 10.2. The molecule has 7 nitrogen and oxygen atoms in total. The summed E-state index contributed by atoms with van der Waals surface area (Å²) in [5.74, 6) is 1.93. The number of amides is 1. The molecule has 1 aliphatic heterocycles. The van der Waals surface area contributed by atoms with E-state index in [9.17, 15) is 13.2 Å². The number of hydrogen-bond donors (Lipinski definition) is 0. The second-order valence-electron chi connectivity index (χ2n) is 7.72. The van der Waals surface area contributed by atoms with Gasteiger partial charge in [-0.3, -0.25) is 4.79 Å². The maximum absolute atomic E-state index is 13.1. The number of benzene rings is 2. The lowest BCUT2D eigenvalue weighted by molar-refractivity contribution is -0.134. The summed E-state index contributed by atoms with van der Waals surface area (Å²) in [6, 6.07) is 13.7. The lowest BCUT2D eigenvalue weighted by Gasteiger charge is -2.23. The van der Waals surface area contributed by atoms with E-state index in [2.05, 4.69) is 0 Å². The quantitative estimate of drug-likeness (QED) is 0.647. The van der Waals surface area contributed by atoms with E-state index in [4.69, 9.17) is 9.47 Å². The van der Waals surface area contributed by atoms with E-state index in [-0.39, 0.29) is 16.7 Å². The SMILES string of the molecule is CCOc1ccc(Oc2ccc(S(=O)(=O)N3CCCN(C(=O)C(C)C)CC3)cc2)cc1. The highest BCUT2D eigenvalue weighted by atomic mass is 32.2. The Bertz CT molecular complexity index is 972. The summed E-state index contributed by atoms with van der Waals surface area (Å²) >= 11 is 0. The molecule has 0 aromatic heterocycles. The molecule has 8 heteroatoms. The van der Waals surface area contributed by atoms with Crippen molar-refractivity contribution in [2.45, 2.75) is 32.1 Å². The molecule has 0 radical (unpaired) electrons. The van der Waals surface area contributed by atoms with Crippen molar-refractivity contribution in [3.63, 3.8) is 0 Å². The van der Waals surface area contributed by atoms with Gasteiger partial charge in [-0.2, -0.15) is 4.31 Å². The molecule has 0 N–H and O–H groups in total. The zero-order valence-corrected chi connectivity index (χ0v) is 19.1. The largest absolute Gasteiger partial charge is 0.494 e. The van der Waals surface area contributed by atoms with Gasteiger partial charge in [-0.25, -0.2) is 8.42 Å². The van der Waals surface area contributed by atoms with Crippen molar-refractivity contribution in [2.75, 3.05) is 32.8 Å². The summed E-state index contributed by atoms with van der Waals surface area (Å²) in [6.07, 6.45) is 0.622. The first-order valence-electron chi connectivity index (χ1n) is 10.6. The minimum atomic E-state index is -3.63. The molecule has 2 aromatic rings. The molecule has 3 rings (SSSR count). The van der Waals surface area contributed by atoms with Crippen LogP contribution in [0.25, 0.3) is 0 Å². The van der Waals surface area contributed by atoms with Crippen LogP contribution in [0.2, 0.25) is 0 Å². The van der Waals surface area contributed by atoms with Crippen molar-refractivity contribution in [3.8, 4) is 17.2 Å². The van der Waals surface area contributed by atoms with Crippen molar-refractivity contribution >= 4 is 15.9 Å². The Labute approximate surface area is 184 Å². The molecule has 2 aromatic carbocycles. The fourth-order valence-corrected chi connectivity index (χ4v) is 4.92. The second-order valence-corrected chi connectivity index (χ2v) is 9.65. The predicted octanol–water partition coefficient (Wildman–Crippen LogP) is 3.76. The van der Waals surface area contributed by atoms with Crippen LogP contribution in [0, 0.1) is 5.92 Å². The van der Waals surface area contributed by atoms with Crippen LogP contribution < -0.4 is 9.47 Å². The van der Waals surface area contributed by atoms with E-state index in [1.807, 2.05) is 32.9 Å². The molecule has 1 heterocycles. The number of sulfonamides is 1. The standard InChI is InChI=1S/C23H30N2O5S/c1-4-29-19-6-8-20(9-7-19)30-21-10-12-22(13-11-21)31(27,28)25-15-5-14-24(16-17-25)23(26)18(2)3/h6-13,18H,4-5,14-17H2,1-3H3. The number of nitrogens with zero attached hydrogens (tertiary/aromatic N) is 2. The minimum absolute atomic E-state index is 0.0649. The highest BCUT2D eigenvalue weighted by Gasteiger charge is 2.28. The summed E-state index contributed by atoms with van der Waals surface area (Å²) < 4.78 is 38.8. The van der Waals surface area contributed by atoms with Crippen LogP contribution in [0.4, 0.5) is 0 Å². The average Bonchev–Trinajstić information content (AvgIpc) is 3.02. The van der Waals surface area contributed by atoms with Gasteiger partial charge in [-0.1, -0.05) is 13.8 Å². The van der Waals surface area contributed by atoms with Gasteiger partial charge < -0.3 is 14.4 Å². The van der Waals surface area contributed by atoms with Gasteiger partial charge >= 0.3 is 0 Å². The molecule has 168 valence electrons. The van der Waals surface area contributed by atoms with Gasteiger partial charge in [-0.05, 0) is 61.9 Å². The summed E-state index contributed by atoms with van der Waals surface area (Å²) in [6.45, 7) is 7.93. The van der Waals surface area contributed by atoms with E-state index in [1.54, 1.807) is 41.3 Å². The summed E-state index contributed by atoms with van der Waals surface area (Å²) in [4.78, 5) is 14.2. The zero-order chi connectivity index (χ0) is 22.4. The van der Waals surface area contributed by atoms with Crippen LogP contribution in [0.1, 0.15) is 27.2 Å². The van der Waals surface area contributed by atoms with Crippen LogP contribution in [-0.2, 0) is 14.8 Å². The molecule has 1 amide bonds. The van der Waals surface area contributed by atoms with Gasteiger partial charge in [0.15, 0.2) is 0 Å². The van der Waals surface area contributed by atoms with Crippen LogP contribution >= 0.6 is 0 Å². The molecular weight excluding hydrogens is 416 g/mol. The molecule has 0 bridgehead atoms. The summed E-state index contributed by atoms with van der Waals surface area (Å²) in [5.41, 5.74) is 0. The highest BCUT2D eigenvalue weighted by molar-refractivity contribution is 7.89. The molecule has 0 spiro atoms. The van der Waals surface area contributed by atoms with Crippen molar-refractivity contribution < 1.29 is 22.7 Å². The Balaban J connectivity index is 1.66. The van der Waals surface area contributed by atoms with Gasteiger partial charge in [0, 0.05) is 32.1 Å². The van der Waals surface area contributed by atoms with Crippen LogP contribution in [-0.4, -0.2) is 56.3 Å². The van der Waals surface area contributed by atoms with Gasteiger partial charge in [0.05, 0.1) is 11.5 Å². The van der Waals surface area contributed by atoms with Crippen molar-refractivity contribution in [2.24, 2.45) is 5.92 Å².